The van der Waals surface area contributed by atoms with E-state index in [4.69, 9.17) is 4.74 Å². The van der Waals surface area contributed by atoms with Gasteiger partial charge >= 0.3 is 5.97 Å². The first kappa shape index (κ1) is 13.9. The Bertz CT molecular complexity index is 334. The molecule has 0 aromatic carbocycles. The smallest absolute Gasteiger partial charge is 0.303 e. The van der Waals surface area contributed by atoms with E-state index in [9.17, 15) is 4.79 Å². The molecule has 0 N–H and O–H groups in total. The van der Waals surface area contributed by atoms with E-state index < -0.39 is 0 Å². The van der Waals surface area contributed by atoms with Crippen LogP contribution in [0.2, 0.25) is 0 Å². The van der Waals surface area contributed by atoms with Crippen molar-refractivity contribution < 1.29 is 9.53 Å². The van der Waals surface area contributed by atoms with Gasteiger partial charge in [-0.3, -0.25) is 4.79 Å². The lowest BCUT2D eigenvalue weighted by atomic mass is 9.54. The van der Waals surface area contributed by atoms with Gasteiger partial charge in [-0.1, -0.05) is 20.8 Å². The molecule has 18 heavy (non-hydrogen) atoms. The number of ether oxygens (including phenoxy) is 1. The number of rotatable bonds is 1. The van der Waals surface area contributed by atoms with Crippen molar-refractivity contribution in [3.05, 3.63) is 0 Å². The van der Waals surface area contributed by atoms with Gasteiger partial charge in [-0.2, -0.15) is 0 Å². The quantitative estimate of drug-likeness (QED) is 0.654. The molecular weight excluding hydrogens is 224 g/mol. The van der Waals surface area contributed by atoms with E-state index in [0.29, 0.717) is 5.41 Å². The Morgan fingerprint density at radius 1 is 1.17 bits per heavy atom. The number of hydrogen-bond acceptors (Lipinski definition) is 2. The molecule has 2 saturated carbocycles. The second-order valence-corrected chi connectivity index (χ2v) is 7.56. The predicted octanol–water partition coefficient (Wildman–Crippen LogP) is 4.18. The first-order valence-corrected chi connectivity index (χ1v) is 7.43. The number of esters is 1. The maximum absolute atomic E-state index is 11.3. The first-order chi connectivity index (χ1) is 8.23. The maximum Gasteiger partial charge on any atom is 0.303 e. The molecule has 4 unspecified atom stereocenters. The van der Waals surface area contributed by atoms with E-state index in [2.05, 4.69) is 27.7 Å². The number of hydrogen-bond donors (Lipinski definition) is 0. The van der Waals surface area contributed by atoms with Crippen molar-refractivity contribution in [3.8, 4) is 0 Å². The normalized spacial score (nSPS) is 43.1. The zero-order valence-corrected chi connectivity index (χ0v) is 12.6. The van der Waals surface area contributed by atoms with E-state index in [-0.39, 0.29) is 11.6 Å². The Hall–Kier alpha value is -0.530. The summed E-state index contributed by atoms with van der Waals surface area (Å²) in [5, 5.41) is 0. The SMILES string of the molecule is CC(=O)OC1(C)CCC2C(C1)C(C)CCC2(C)C. The van der Waals surface area contributed by atoms with Crippen molar-refractivity contribution in [2.45, 2.75) is 72.3 Å². The number of fused-ring (bicyclic) bond motifs is 1. The van der Waals surface area contributed by atoms with Crippen molar-refractivity contribution in [3.63, 3.8) is 0 Å². The fourth-order valence-corrected chi connectivity index (χ4v) is 4.42. The third-order valence-electron chi connectivity index (χ3n) is 5.54. The van der Waals surface area contributed by atoms with Gasteiger partial charge < -0.3 is 4.74 Å². The van der Waals surface area contributed by atoms with Crippen LogP contribution in [0.1, 0.15) is 66.7 Å². The van der Waals surface area contributed by atoms with E-state index in [1.54, 1.807) is 0 Å². The molecule has 0 saturated heterocycles. The Balaban J connectivity index is 2.14. The summed E-state index contributed by atoms with van der Waals surface area (Å²) in [6.07, 6.45) is 5.97. The highest BCUT2D eigenvalue weighted by molar-refractivity contribution is 5.66. The Labute approximate surface area is 111 Å². The summed E-state index contributed by atoms with van der Waals surface area (Å²) >= 11 is 0. The monoisotopic (exact) mass is 252 g/mol. The van der Waals surface area contributed by atoms with E-state index >= 15 is 0 Å². The molecule has 104 valence electrons. The summed E-state index contributed by atoms with van der Waals surface area (Å²) in [6.45, 7) is 10.9. The minimum absolute atomic E-state index is 0.126. The molecule has 0 spiro atoms. The summed E-state index contributed by atoms with van der Waals surface area (Å²) in [5.74, 6) is 2.19. The van der Waals surface area contributed by atoms with Gasteiger partial charge in [0.05, 0.1) is 0 Å². The van der Waals surface area contributed by atoms with Crippen molar-refractivity contribution in [2.24, 2.45) is 23.2 Å². The molecule has 0 amide bonds. The van der Waals surface area contributed by atoms with Crippen LogP contribution in [0.3, 0.4) is 0 Å². The van der Waals surface area contributed by atoms with Crippen LogP contribution < -0.4 is 0 Å². The van der Waals surface area contributed by atoms with Crippen LogP contribution >= 0.6 is 0 Å². The second kappa shape index (κ2) is 4.54. The molecule has 0 aromatic heterocycles. The van der Waals surface area contributed by atoms with Crippen molar-refractivity contribution >= 4 is 5.97 Å². The maximum atomic E-state index is 11.3. The Kier molecular flexibility index (Phi) is 3.50. The summed E-state index contributed by atoms with van der Waals surface area (Å²) in [4.78, 5) is 11.3. The molecule has 0 aromatic rings. The van der Waals surface area contributed by atoms with Gasteiger partial charge in [0, 0.05) is 6.92 Å². The minimum Gasteiger partial charge on any atom is -0.460 e. The molecule has 2 aliphatic carbocycles. The molecule has 2 rings (SSSR count). The highest BCUT2D eigenvalue weighted by Gasteiger charge is 2.49. The van der Waals surface area contributed by atoms with Crippen LogP contribution in [0, 0.1) is 23.2 Å². The van der Waals surface area contributed by atoms with E-state index in [1.165, 1.54) is 26.2 Å². The topological polar surface area (TPSA) is 26.3 Å². The molecule has 0 heterocycles. The molecular formula is C16H28O2. The minimum atomic E-state index is -0.214. The lowest BCUT2D eigenvalue weighted by molar-refractivity contribution is -0.167. The second-order valence-electron chi connectivity index (χ2n) is 7.56. The zero-order chi connectivity index (χ0) is 13.6. The molecule has 0 aliphatic heterocycles. The van der Waals surface area contributed by atoms with Gasteiger partial charge in [0.2, 0.25) is 0 Å². The highest BCUT2D eigenvalue weighted by Crippen LogP contribution is 2.55. The van der Waals surface area contributed by atoms with Crippen molar-refractivity contribution in [1.29, 1.82) is 0 Å². The van der Waals surface area contributed by atoms with Crippen LogP contribution in [0.5, 0.6) is 0 Å². The Morgan fingerprint density at radius 2 is 1.83 bits per heavy atom. The van der Waals surface area contributed by atoms with Gasteiger partial charge in [0.25, 0.3) is 0 Å². The van der Waals surface area contributed by atoms with Gasteiger partial charge in [0.1, 0.15) is 5.60 Å². The van der Waals surface area contributed by atoms with Crippen molar-refractivity contribution in [2.75, 3.05) is 0 Å². The predicted molar refractivity (Wildman–Crippen MR) is 73.2 cm³/mol. The molecule has 0 radical (unpaired) electrons. The van der Waals surface area contributed by atoms with Crippen LogP contribution in [0.25, 0.3) is 0 Å². The van der Waals surface area contributed by atoms with Gasteiger partial charge in [-0.25, -0.2) is 0 Å². The molecule has 2 heteroatoms. The number of carbonyl (C=O) groups excluding carboxylic acids is 1. The average Bonchev–Trinajstić information content (AvgIpc) is 2.22. The molecule has 4 atom stereocenters. The summed E-state index contributed by atoms with van der Waals surface area (Å²) < 4.78 is 5.61. The average molecular weight is 252 g/mol. The molecule has 2 nitrogen and oxygen atoms in total. The molecule has 2 aliphatic rings. The highest BCUT2D eigenvalue weighted by atomic mass is 16.6. The summed E-state index contributed by atoms with van der Waals surface area (Å²) in [7, 11) is 0. The third kappa shape index (κ3) is 2.57. The third-order valence-corrected chi connectivity index (χ3v) is 5.54. The summed E-state index contributed by atoms with van der Waals surface area (Å²) in [5.41, 5.74) is 0.253. The van der Waals surface area contributed by atoms with Crippen LogP contribution in [-0.4, -0.2) is 11.6 Å². The lowest BCUT2D eigenvalue weighted by Crippen LogP contribution is -2.48. The van der Waals surface area contributed by atoms with Crippen LogP contribution in [-0.2, 0) is 9.53 Å². The van der Waals surface area contributed by atoms with Crippen molar-refractivity contribution in [1.82, 2.24) is 0 Å². The van der Waals surface area contributed by atoms with E-state index in [1.807, 2.05) is 0 Å². The van der Waals surface area contributed by atoms with Crippen LogP contribution in [0.15, 0.2) is 0 Å². The standard InChI is InChI=1S/C16H28O2/c1-11-6-8-15(3,4)14-7-9-16(5,10-13(11)14)18-12(2)17/h11,13-14H,6-10H2,1-5H3. The summed E-state index contributed by atoms with van der Waals surface area (Å²) in [6, 6.07) is 0. The molecule has 2 fully saturated rings. The van der Waals surface area contributed by atoms with Gasteiger partial charge in [0.15, 0.2) is 0 Å². The fraction of sp³-hybridized carbons (Fsp3) is 0.938. The largest absolute Gasteiger partial charge is 0.460 e. The number of carbonyl (C=O) groups is 1. The first-order valence-electron chi connectivity index (χ1n) is 7.43. The van der Waals surface area contributed by atoms with Gasteiger partial charge in [-0.05, 0) is 62.2 Å². The fourth-order valence-electron chi connectivity index (χ4n) is 4.42. The molecule has 0 bridgehead atoms. The Morgan fingerprint density at radius 3 is 2.44 bits per heavy atom. The zero-order valence-electron chi connectivity index (χ0n) is 12.6. The lowest BCUT2D eigenvalue weighted by Gasteiger charge is -2.53. The van der Waals surface area contributed by atoms with E-state index in [0.717, 1.165) is 30.6 Å². The van der Waals surface area contributed by atoms with Crippen LogP contribution in [0.4, 0.5) is 0 Å². The van der Waals surface area contributed by atoms with Gasteiger partial charge in [-0.15, -0.1) is 0 Å².